The molecule has 11 nitrogen and oxygen atoms in total. The Morgan fingerprint density at radius 1 is 1.13 bits per heavy atom. The first-order chi connectivity index (χ1) is 18.9. The standard InChI is InChI=1S/C26H17Cl2N9O2/c27-12-2-4-19(36-10-21(28)33-35-36)16(6-12)17-8-22(38)37-23(14-7-15(14)26(37)32-17)18-9-30-25(31-18)11-1-3-13-20(5-11)39-34-24(13)29/h1-6,8-10,14-15,23H,7H2,(H2,29,34)(H,30,31). The number of hydrogen-bond acceptors (Lipinski definition) is 8. The summed E-state index contributed by atoms with van der Waals surface area (Å²) in [6.07, 6.45) is 4.32. The van der Waals surface area contributed by atoms with Crippen molar-refractivity contribution in [2.45, 2.75) is 18.4 Å². The molecule has 1 fully saturated rings. The Labute approximate surface area is 229 Å². The number of fused-ring (bicyclic) bond motifs is 4. The molecule has 5 heterocycles. The highest BCUT2D eigenvalue weighted by molar-refractivity contribution is 6.31. The number of hydrogen-bond donors (Lipinski definition) is 2. The second kappa shape index (κ2) is 8.01. The highest BCUT2D eigenvalue weighted by Crippen LogP contribution is 2.60. The largest absolute Gasteiger partial charge is 0.380 e. The number of nitrogens with zero attached hydrogens (tertiary/aromatic N) is 7. The average Bonchev–Trinajstić information content (AvgIpc) is 3.28. The first-order valence-corrected chi connectivity index (χ1v) is 12.9. The number of imidazole rings is 1. The van der Waals surface area contributed by atoms with Gasteiger partial charge < -0.3 is 15.2 Å². The fraction of sp³-hybridized carbons (Fsp3) is 0.154. The third-order valence-corrected chi connectivity index (χ3v) is 7.88. The molecule has 2 aliphatic rings. The van der Waals surface area contributed by atoms with Gasteiger partial charge >= 0.3 is 0 Å². The minimum absolute atomic E-state index is 0.149. The van der Waals surface area contributed by atoms with E-state index in [-0.39, 0.29) is 28.6 Å². The van der Waals surface area contributed by atoms with Crippen molar-refractivity contribution in [1.29, 1.82) is 0 Å². The van der Waals surface area contributed by atoms with Gasteiger partial charge in [-0.15, -0.1) is 5.10 Å². The number of nitrogens with one attached hydrogen (secondary N) is 1. The Morgan fingerprint density at radius 3 is 2.87 bits per heavy atom. The smallest absolute Gasteiger partial charge is 0.254 e. The highest BCUT2D eigenvalue weighted by Gasteiger charge is 2.55. The lowest BCUT2D eigenvalue weighted by Crippen LogP contribution is -2.27. The first kappa shape index (κ1) is 22.5. The summed E-state index contributed by atoms with van der Waals surface area (Å²) in [5, 5.41) is 13.3. The van der Waals surface area contributed by atoms with Gasteiger partial charge in [-0.3, -0.25) is 9.36 Å². The molecule has 0 saturated heterocycles. The minimum Gasteiger partial charge on any atom is -0.380 e. The Balaban J connectivity index is 1.19. The van der Waals surface area contributed by atoms with Gasteiger partial charge in [0.1, 0.15) is 11.6 Å². The van der Waals surface area contributed by atoms with Crippen molar-refractivity contribution >= 4 is 40.0 Å². The number of rotatable bonds is 4. The van der Waals surface area contributed by atoms with Crippen LogP contribution in [0.5, 0.6) is 0 Å². The molecule has 192 valence electrons. The average molecular weight is 558 g/mol. The van der Waals surface area contributed by atoms with Crippen molar-refractivity contribution in [3.63, 3.8) is 0 Å². The van der Waals surface area contributed by atoms with Crippen LogP contribution in [0, 0.1) is 5.92 Å². The molecule has 3 atom stereocenters. The fourth-order valence-electron chi connectivity index (χ4n) is 5.62. The maximum atomic E-state index is 13.6. The summed E-state index contributed by atoms with van der Waals surface area (Å²) in [5.41, 5.74) is 9.81. The lowest BCUT2D eigenvalue weighted by atomic mass is 10.1. The van der Waals surface area contributed by atoms with E-state index in [0.717, 1.165) is 28.9 Å². The molecular weight excluding hydrogens is 541 g/mol. The Bertz CT molecular complexity index is 2010. The van der Waals surface area contributed by atoms with Crippen molar-refractivity contribution < 1.29 is 4.52 Å². The number of nitrogens with two attached hydrogens (primary N) is 1. The number of aromatic amines is 1. The van der Waals surface area contributed by atoms with Gasteiger partial charge in [0, 0.05) is 28.1 Å². The molecule has 13 heteroatoms. The van der Waals surface area contributed by atoms with E-state index in [1.807, 2.05) is 18.2 Å². The second-order valence-corrected chi connectivity index (χ2v) is 10.6. The van der Waals surface area contributed by atoms with Crippen LogP contribution < -0.4 is 11.3 Å². The molecule has 2 aromatic carbocycles. The number of anilines is 1. The predicted octanol–water partition coefficient (Wildman–Crippen LogP) is 4.62. The number of halogens is 2. The van der Waals surface area contributed by atoms with E-state index in [0.29, 0.717) is 39.2 Å². The maximum Gasteiger partial charge on any atom is 0.254 e. The highest BCUT2D eigenvalue weighted by atomic mass is 35.5. The third kappa shape index (κ3) is 3.43. The van der Waals surface area contributed by atoms with E-state index in [1.165, 1.54) is 6.07 Å². The van der Waals surface area contributed by atoms with Crippen molar-refractivity contribution in [3.8, 4) is 28.3 Å². The van der Waals surface area contributed by atoms with Crippen LogP contribution in [0.3, 0.4) is 0 Å². The molecule has 6 aromatic rings. The van der Waals surface area contributed by atoms with Crippen LogP contribution in [0.4, 0.5) is 5.82 Å². The van der Waals surface area contributed by atoms with E-state index in [2.05, 4.69) is 25.4 Å². The zero-order chi connectivity index (χ0) is 26.4. The van der Waals surface area contributed by atoms with Crippen molar-refractivity contribution in [3.05, 3.63) is 86.9 Å². The topological polar surface area (TPSA) is 146 Å². The second-order valence-electron chi connectivity index (χ2n) is 9.77. The molecule has 1 saturated carbocycles. The van der Waals surface area contributed by atoms with Crippen LogP contribution in [-0.4, -0.2) is 39.7 Å². The third-order valence-electron chi connectivity index (χ3n) is 7.47. The van der Waals surface area contributed by atoms with E-state index in [1.54, 1.807) is 39.8 Å². The summed E-state index contributed by atoms with van der Waals surface area (Å²) in [5.74, 6) is 2.22. The molecule has 4 aromatic heterocycles. The molecular formula is C26H17Cl2N9O2. The molecule has 0 bridgehead atoms. The molecule has 1 aliphatic carbocycles. The van der Waals surface area contributed by atoms with Crippen LogP contribution in [0.2, 0.25) is 10.2 Å². The number of nitrogen functional groups attached to an aromatic ring is 1. The SMILES string of the molecule is Nc1noc2cc(-c3ncc(C4C5CC5c5nc(-c6cc(Cl)ccc6-n6cc(Cl)nn6)cc(=O)n54)[nH]3)ccc12. The van der Waals surface area contributed by atoms with Gasteiger partial charge in [0.2, 0.25) is 0 Å². The first-order valence-electron chi connectivity index (χ1n) is 12.2. The van der Waals surface area contributed by atoms with Gasteiger partial charge in [0.25, 0.3) is 5.56 Å². The molecule has 0 spiro atoms. The molecule has 0 amide bonds. The summed E-state index contributed by atoms with van der Waals surface area (Å²) in [6.45, 7) is 0. The zero-order valence-corrected chi connectivity index (χ0v) is 21.4. The molecule has 8 rings (SSSR count). The summed E-state index contributed by atoms with van der Waals surface area (Å²) >= 11 is 12.3. The molecule has 3 N–H and O–H groups in total. The maximum absolute atomic E-state index is 13.6. The van der Waals surface area contributed by atoms with E-state index in [4.69, 9.17) is 38.4 Å². The van der Waals surface area contributed by atoms with Gasteiger partial charge in [0.05, 0.1) is 40.9 Å². The predicted molar refractivity (Wildman–Crippen MR) is 144 cm³/mol. The minimum atomic E-state index is -0.182. The van der Waals surface area contributed by atoms with Crippen molar-refractivity contribution in [2.75, 3.05) is 5.73 Å². The van der Waals surface area contributed by atoms with Crippen LogP contribution in [0.25, 0.3) is 39.3 Å². The number of H-pyrrole nitrogens is 1. The molecule has 0 radical (unpaired) electrons. The number of aromatic nitrogens is 8. The molecule has 1 aliphatic heterocycles. The summed E-state index contributed by atoms with van der Waals surface area (Å²) < 4.78 is 8.62. The zero-order valence-electron chi connectivity index (χ0n) is 19.9. The lowest BCUT2D eigenvalue weighted by Gasteiger charge is -2.17. The fourth-order valence-corrected chi connectivity index (χ4v) is 5.92. The van der Waals surface area contributed by atoms with Crippen molar-refractivity contribution in [2.24, 2.45) is 5.92 Å². The quantitative estimate of drug-likeness (QED) is 0.319. The number of benzene rings is 2. The summed E-state index contributed by atoms with van der Waals surface area (Å²) in [6, 6.07) is 12.3. The molecule has 3 unspecified atom stereocenters. The van der Waals surface area contributed by atoms with E-state index >= 15 is 0 Å². The van der Waals surface area contributed by atoms with E-state index in [9.17, 15) is 4.79 Å². The Kier molecular flexibility index (Phi) is 4.62. The van der Waals surface area contributed by atoms with Gasteiger partial charge in [-0.25, -0.2) is 14.6 Å². The van der Waals surface area contributed by atoms with Crippen LogP contribution in [-0.2, 0) is 0 Å². The van der Waals surface area contributed by atoms with Gasteiger partial charge in [-0.05, 0) is 42.7 Å². The monoisotopic (exact) mass is 557 g/mol. The van der Waals surface area contributed by atoms with Gasteiger partial charge in [0.15, 0.2) is 16.6 Å². The van der Waals surface area contributed by atoms with Gasteiger partial charge in [-0.1, -0.05) is 39.6 Å². The summed E-state index contributed by atoms with van der Waals surface area (Å²) in [4.78, 5) is 26.6. The van der Waals surface area contributed by atoms with E-state index < -0.39 is 0 Å². The summed E-state index contributed by atoms with van der Waals surface area (Å²) in [7, 11) is 0. The normalized spacial score (nSPS) is 19.4. The Hall–Kier alpha value is -4.48. The van der Waals surface area contributed by atoms with Crippen LogP contribution >= 0.6 is 23.2 Å². The van der Waals surface area contributed by atoms with Gasteiger partial charge in [-0.2, -0.15) is 0 Å². The van der Waals surface area contributed by atoms with Crippen LogP contribution in [0.1, 0.15) is 29.9 Å². The van der Waals surface area contributed by atoms with Crippen molar-refractivity contribution in [1.82, 2.24) is 39.7 Å². The van der Waals surface area contributed by atoms with Crippen LogP contribution in [0.15, 0.2) is 64.2 Å². The lowest BCUT2D eigenvalue weighted by molar-refractivity contribution is 0.460. The molecule has 39 heavy (non-hydrogen) atoms. The Morgan fingerprint density at radius 2 is 2.03 bits per heavy atom.